The highest BCUT2D eigenvalue weighted by atomic mass is 35.5. The maximum Gasteiger partial charge on any atom is 0.340 e. The normalized spacial score (nSPS) is 11.4. The van der Waals surface area contributed by atoms with Crippen LogP contribution in [-0.4, -0.2) is 30.3 Å². The number of thioether (sulfide) groups is 1. The van der Waals surface area contributed by atoms with Crippen molar-refractivity contribution in [1.29, 1.82) is 0 Å². The van der Waals surface area contributed by atoms with Crippen LogP contribution in [0.3, 0.4) is 0 Å². The number of imide groups is 1. The highest BCUT2D eigenvalue weighted by Crippen LogP contribution is 2.24. The molecule has 0 saturated carbocycles. The Kier molecular flexibility index (Phi) is 7.69. The van der Waals surface area contributed by atoms with E-state index in [9.17, 15) is 14.4 Å². The van der Waals surface area contributed by atoms with Crippen molar-refractivity contribution in [3.63, 3.8) is 0 Å². The van der Waals surface area contributed by atoms with Crippen molar-refractivity contribution >= 4 is 41.3 Å². The van der Waals surface area contributed by atoms with Gasteiger partial charge >= 0.3 is 12.0 Å². The number of amides is 3. The molecule has 0 aliphatic carbocycles. The van der Waals surface area contributed by atoms with E-state index in [2.05, 4.69) is 10.6 Å². The van der Waals surface area contributed by atoms with Crippen LogP contribution >= 0.6 is 23.4 Å². The number of esters is 1. The fraction of sp³-hybridized carbons (Fsp3) is 0.211. The summed E-state index contributed by atoms with van der Waals surface area (Å²) >= 11 is 7.47. The summed E-state index contributed by atoms with van der Waals surface area (Å²) in [5.74, 6) is -1.46. The van der Waals surface area contributed by atoms with Gasteiger partial charge in [0, 0.05) is 11.4 Å². The van der Waals surface area contributed by atoms with Crippen molar-refractivity contribution < 1.29 is 19.1 Å². The first-order valence-corrected chi connectivity index (χ1v) is 9.68. The van der Waals surface area contributed by atoms with E-state index in [-0.39, 0.29) is 17.1 Å². The fourth-order valence-corrected chi connectivity index (χ4v) is 2.74. The van der Waals surface area contributed by atoms with Gasteiger partial charge in [-0.2, -0.15) is 0 Å². The Morgan fingerprint density at radius 1 is 1.15 bits per heavy atom. The third-order valence-electron chi connectivity index (χ3n) is 3.58. The van der Waals surface area contributed by atoms with Gasteiger partial charge in [0.2, 0.25) is 0 Å². The standard InChI is InChI=1S/C19H19ClN2O4S/c1-12(26-18(24)15-10-14(27-2)8-9-16(15)20)17(23)22-19(25)21-11-13-6-4-3-5-7-13/h3-10,12H,11H2,1-2H3,(H2,21,22,23,25). The number of ether oxygens (including phenoxy) is 1. The molecular formula is C19H19ClN2O4S. The maximum absolute atomic E-state index is 12.2. The number of urea groups is 1. The van der Waals surface area contributed by atoms with Crippen LogP contribution in [-0.2, 0) is 16.1 Å². The summed E-state index contributed by atoms with van der Waals surface area (Å²) in [6.07, 6.45) is 0.705. The predicted molar refractivity (Wildman–Crippen MR) is 105 cm³/mol. The summed E-state index contributed by atoms with van der Waals surface area (Å²) in [6, 6.07) is 13.5. The van der Waals surface area contributed by atoms with Gasteiger partial charge in [0.1, 0.15) is 0 Å². The minimum atomic E-state index is -1.16. The van der Waals surface area contributed by atoms with Crippen LogP contribution in [0.5, 0.6) is 0 Å². The molecule has 27 heavy (non-hydrogen) atoms. The molecule has 6 nitrogen and oxygen atoms in total. The van der Waals surface area contributed by atoms with Crippen molar-refractivity contribution in [3.8, 4) is 0 Å². The lowest BCUT2D eigenvalue weighted by molar-refractivity contribution is -0.127. The van der Waals surface area contributed by atoms with Gasteiger partial charge in [-0.1, -0.05) is 41.9 Å². The second-order valence-electron chi connectivity index (χ2n) is 5.55. The van der Waals surface area contributed by atoms with Crippen LogP contribution < -0.4 is 10.6 Å². The van der Waals surface area contributed by atoms with Gasteiger partial charge in [-0.05, 0) is 36.9 Å². The maximum atomic E-state index is 12.2. The zero-order valence-corrected chi connectivity index (χ0v) is 16.4. The predicted octanol–water partition coefficient (Wildman–Crippen LogP) is 3.63. The van der Waals surface area contributed by atoms with E-state index < -0.39 is 24.0 Å². The summed E-state index contributed by atoms with van der Waals surface area (Å²) < 4.78 is 5.12. The van der Waals surface area contributed by atoms with E-state index in [1.807, 2.05) is 36.6 Å². The summed E-state index contributed by atoms with van der Waals surface area (Å²) in [5.41, 5.74) is 1.06. The Balaban J connectivity index is 1.87. The Morgan fingerprint density at radius 3 is 2.52 bits per heavy atom. The SMILES string of the molecule is CSc1ccc(Cl)c(C(=O)OC(C)C(=O)NC(=O)NCc2ccccc2)c1. The molecule has 0 aromatic heterocycles. The van der Waals surface area contributed by atoms with Crippen molar-refractivity contribution in [2.24, 2.45) is 0 Å². The van der Waals surface area contributed by atoms with E-state index in [0.29, 0.717) is 0 Å². The van der Waals surface area contributed by atoms with E-state index in [1.54, 1.807) is 18.2 Å². The van der Waals surface area contributed by atoms with Crippen LogP contribution in [0.25, 0.3) is 0 Å². The van der Waals surface area contributed by atoms with Crippen molar-refractivity contribution in [1.82, 2.24) is 10.6 Å². The molecule has 2 N–H and O–H groups in total. The average Bonchev–Trinajstić information content (AvgIpc) is 2.67. The number of hydrogen-bond acceptors (Lipinski definition) is 5. The number of rotatable bonds is 6. The molecule has 2 aromatic rings. The molecule has 0 bridgehead atoms. The topological polar surface area (TPSA) is 84.5 Å². The molecule has 3 amide bonds. The Morgan fingerprint density at radius 2 is 1.85 bits per heavy atom. The van der Waals surface area contributed by atoms with Crippen LogP contribution in [0.4, 0.5) is 4.79 Å². The molecule has 0 fully saturated rings. The largest absolute Gasteiger partial charge is 0.449 e. The average molecular weight is 407 g/mol. The minimum Gasteiger partial charge on any atom is -0.449 e. The van der Waals surface area contributed by atoms with Crippen LogP contribution in [0.1, 0.15) is 22.8 Å². The van der Waals surface area contributed by atoms with Crippen LogP contribution in [0.15, 0.2) is 53.4 Å². The molecule has 8 heteroatoms. The van der Waals surface area contributed by atoms with Gasteiger partial charge in [-0.15, -0.1) is 11.8 Å². The van der Waals surface area contributed by atoms with E-state index in [0.717, 1.165) is 10.5 Å². The molecule has 0 spiro atoms. The van der Waals surface area contributed by atoms with Gasteiger partial charge in [-0.25, -0.2) is 9.59 Å². The first kappa shape index (κ1) is 20.8. The lowest BCUT2D eigenvalue weighted by Crippen LogP contribution is -2.44. The first-order valence-electron chi connectivity index (χ1n) is 8.08. The number of hydrogen-bond donors (Lipinski definition) is 2. The van der Waals surface area contributed by atoms with Crippen molar-refractivity contribution in [2.45, 2.75) is 24.5 Å². The van der Waals surface area contributed by atoms with Crippen molar-refractivity contribution in [2.75, 3.05) is 6.26 Å². The van der Waals surface area contributed by atoms with Crippen LogP contribution in [0.2, 0.25) is 5.02 Å². The first-order chi connectivity index (χ1) is 12.9. The zero-order chi connectivity index (χ0) is 19.8. The molecule has 142 valence electrons. The molecule has 1 atom stereocenters. The molecule has 0 aliphatic rings. The highest BCUT2D eigenvalue weighted by molar-refractivity contribution is 7.98. The Labute approximate surface area is 166 Å². The highest BCUT2D eigenvalue weighted by Gasteiger charge is 2.22. The van der Waals surface area contributed by atoms with Crippen molar-refractivity contribution in [3.05, 3.63) is 64.7 Å². The van der Waals surface area contributed by atoms with Gasteiger partial charge in [0.05, 0.1) is 10.6 Å². The summed E-state index contributed by atoms with van der Waals surface area (Å²) in [5, 5.41) is 4.93. The number of carbonyl (C=O) groups is 3. The van der Waals surface area contributed by atoms with E-state index >= 15 is 0 Å². The Bertz CT molecular complexity index is 830. The van der Waals surface area contributed by atoms with Gasteiger partial charge in [0.25, 0.3) is 5.91 Å². The molecule has 2 aromatic carbocycles. The molecule has 1 unspecified atom stereocenters. The zero-order valence-electron chi connectivity index (χ0n) is 14.8. The third kappa shape index (κ3) is 6.30. The minimum absolute atomic E-state index is 0.164. The van der Waals surface area contributed by atoms with Crippen LogP contribution in [0, 0.1) is 0 Å². The molecular weight excluding hydrogens is 388 g/mol. The van der Waals surface area contributed by atoms with E-state index in [4.69, 9.17) is 16.3 Å². The second-order valence-corrected chi connectivity index (χ2v) is 6.84. The number of nitrogens with one attached hydrogen (secondary N) is 2. The monoisotopic (exact) mass is 406 g/mol. The lowest BCUT2D eigenvalue weighted by Gasteiger charge is -2.14. The number of carbonyl (C=O) groups excluding carboxylic acids is 3. The molecule has 0 saturated heterocycles. The summed E-state index contributed by atoms with van der Waals surface area (Å²) in [6.45, 7) is 1.65. The third-order valence-corrected chi connectivity index (χ3v) is 4.63. The van der Waals surface area contributed by atoms with Gasteiger partial charge < -0.3 is 10.1 Å². The van der Waals surface area contributed by atoms with Gasteiger partial charge in [-0.3, -0.25) is 10.1 Å². The summed E-state index contributed by atoms with van der Waals surface area (Å²) in [7, 11) is 0. The fourth-order valence-electron chi connectivity index (χ4n) is 2.10. The second kappa shape index (κ2) is 9.99. The van der Waals surface area contributed by atoms with Gasteiger partial charge in [0.15, 0.2) is 6.10 Å². The number of benzene rings is 2. The molecule has 0 aliphatic heterocycles. The number of halogens is 1. The smallest absolute Gasteiger partial charge is 0.340 e. The molecule has 2 rings (SSSR count). The molecule has 0 heterocycles. The lowest BCUT2D eigenvalue weighted by atomic mass is 10.2. The Hall–Kier alpha value is -2.51. The quantitative estimate of drug-likeness (QED) is 0.565. The molecule has 0 radical (unpaired) electrons. The van der Waals surface area contributed by atoms with E-state index in [1.165, 1.54) is 18.7 Å². The summed E-state index contributed by atoms with van der Waals surface area (Å²) in [4.78, 5) is 37.0.